The van der Waals surface area contributed by atoms with Crippen LogP contribution in [0.15, 0.2) is 194 Å². The number of aromatic nitrogens is 2. The van der Waals surface area contributed by atoms with Crippen LogP contribution in [0.25, 0.3) is 109 Å². The van der Waals surface area contributed by atoms with E-state index >= 15 is 0 Å². The summed E-state index contributed by atoms with van der Waals surface area (Å²) in [6, 6.07) is 69.7. The molecule has 0 spiro atoms. The van der Waals surface area contributed by atoms with Gasteiger partial charge in [-0.25, -0.2) is 9.97 Å². The topological polar surface area (TPSA) is 25.8 Å². The highest BCUT2D eigenvalue weighted by Crippen LogP contribution is 2.42. The Hall–Kier alpha value is -6.94. The first kappa shape index (κ1) is 31.6. The minimum Gasteiger partial charge on any atom is -0.228 e. The lowest BCUT2D eigenvalue weighted by molar-refractivity contribution is 1.19. The maximum absolute atomic E-state index is 5.48. The molecule has 2 nitrogen and oxygen atoms in total. The molecule has 0 saturated carbocycles. The molecule has 0 fully saturated rings. The molecule has 0 radical (unpaired) electrons. The van der Waals surface area contributed by atoms with E-state index in [4.69, 9.17) is 9.97 Å². The number of rotatable bonds is 5. The van der Waals surface area contributed by atoms with Crippen molar-refractivity contribution in [2.24, 2.45) is 0 Å². The Labute approximate surface area is 322 Å². The summed E-state index contributed by atoms with van der Waals surface area (Å²) >= 11 is 1.86. The molecule has 0 unspecified atom stereocenters. The number of nitrogens with zero attached hydrogens (tertiary/aromatic N) is 2. The Bertz CT molecular complexity index is 3250. The molecule has 11 rings (SSSR count). The van der Waals surface area contributed by atoms with E-state index in [0.717, 1.165) is 50.0 Å². The van der Waals surface area contributed by atoms with Crippen LogP contribution in [0.1, 0.15) is 0 Å². The highest BCUT2D eigenvalue weighted by molar-refractivity contribution is 7.26. The van der Waals surface area contributed by atoms with Crippen LogP contribution < -0.4 is 0 Å². The number of thiophene rings is 1. The monoisotopic (exact) mass is 716 g/mol. The Morgan fingerprint density at radius 2 is 0.945 bits per heavy atom. The molecule has 11 aromatic rings. The van der Waals surface area contributed by atoms with Gasteiger partial charge in [0.2, 0.25) is 0 Å². The first-order valence-corrected chi connectivity index (χ1v) is 19.5. The third-order valence-electron chi connectivity index (χ3n) is 10.9. The van der Waals surface area contributed by atoms with Gasteiger partial charge in [-0.2, -0.15) is 0 Å². The molecule has 0 aliphatic rings. The lowest BCUT2D eigenvalue weighted by Gasteiger charge is -2.16. The van der Waals surface area contributed by atoms with Gasteiger partial charge in [0, 0.05) is 36.9 Å². The average molecular weight is 717 g/mol. The normalized spacial score (nSPS) is 11.6. The number of hydrogen-bond acceptors (Lipinski definition) is 3. The predicted molar refractivity (Wildman–Crippen MR) is 235 cm³/mol. The van der Waals surface area contributed by atoms with Gasteiger partial charge in [0.05, 0.1) is 11.4 Å². The zero-order chi connectivity index (χ0) is 36.3. The minimum atomic E-state index is 0.714. The summed E-state index contributed by atoms with van der Waals surface area (Å²) in [5.74, 6) is 0.714. The molecule has 0 N–H and O–H groups in total. The Morgan fingerprint density at radius 1 is 0.327 bits per heavy atom. The van der Waals surface area contributed by atoms with Crippen molar-refractivity contribution in [1.82, 2.24) is 9.97 Å². The molecule has 2 aromatic heterocycles. The maximum atomic E-state index is 5.48. The van der Waals surface area contributed by atoms with Gasteiger partial charge >= 0.3 is 0 Å². The Balaban J connectivity index is 1.14. The Kier molecular flexibility index (Phi) is 7.39. The van der Waals surface area contributed by atoms with E-state index in [1.54, 1.807) is 0 Å². The van der Waals surface area contributed by atoms with E-state index in [-0.39, 0.29) is 0 Å². The SMILES string of the molecule is c1ccc(-c2ccccc2-c2cc(-c3ccc(-c4cccc5c4sc4ccccc45)cc3)nc(-c3c4ccccc4cc4c3ccc3ccccc34)n2)cc1. The van der Waals surface area contributed by atoms with Crippen LogP contribution in [0, 0.1) is 0 Å². The van der Waals surface area contributed by atoms with Crippen LogP contribution >= 0.6 is 11.3 Å². The molecular formula is C52H32N2S. The fourth-order valence-electron chi connectivity index (χ4n) is 8.28. The lowest BCUT2D eigenvalue weighted by Crippen LogP contribution is -1.98. The Morgan fingerprint density at radius 3 is 1.80 bits per heavy atom. The minimum absolute atomic E-state index is 0.714. The summed E-state index contributed by atoms with van der Waals surface area (Å²) in [5.41, 5.74) is 9.67. The van der Waals surface area contributed by atoms with E-state index < -0.39 is 0 Å². The van der Waals surface area contributed by atoms with Crippen LogP contribution in [0.2, 0.25) is 0 Å². The highest BCUT2D eigenvalue weighted by Gasteiger charge is 2.19. The van der Waals surface area contributed by atoms with Gasteiger partial charge in [-0.1, -0.05) is 176 Å². The lowest BCUT2D eigenvalue weighted by atomic mass is 9.92. The molecule has 0 saturated heterocycles. The van der Waals surface area contributed by atoms with Gasteiger partial charge in [0.15, 0.2) is 5.82 Å². The first-order valence-electron chi connectivity index (χ1n) is 18.7. The van der Waals surface area contributed by atoms with Crippen molar-refractivity contribution < 1.29 is 0 Å². The molecule has 0 atom stereocenters. The van der Waals surface area contributed by atoms with Crippen molar-refractivity contribution in [2.75, 3.05) is 0 Å². The number of benzene rings is 9. The van der Waals surface area contributed by atoms with Crippen molar-refractivity contribution in [2.45, 2.75) is 0 Å². The third-order valence-corrected chi connectivity index (χ3v) is 12.1. The molecule has 0 bridgehead atoms. The molecule has 2 heterocycles. The third kappa shape index (κ3) is 5.32. The molecule has 0 aliphatic carbocycles. The molecule has 0 aliphatic heterocycles. The van der Waals surface area contributed by atoms with Crippen LogP contribution in [-0.4, -0.2) is 9.97 Å². The fourth-order valence-corrected chi connectivity index (χ4v) is 9.52. The van der Waals surface area contributed by atoms with Crippen molar-refractivity contribution in [3.05, 3.63) is 194 Å². The summed E-state index contributed by atoms with van der Waals surface area (Å²) in [7, 11) is 0. The summed E-state index contributed by atoms with van der Waals surface area (Å²) in [6.07, 6.45) is 0. The van der Waals surface area contributed by atoms with Crippen molar-refractivity contribution in [3.8, 4) is 56.2 Å². The van der Waals surface area contributed by atoms with E-state index in [2.05, 4.69) is 194 Å². The van der Waals surface area contributed by atoms with E-state index in [1.807, 2.05) is 11.3 Å². The predicted octanol–water partition coefficient (Wildman–Crippen LogP) is 14.6. The van der Waals surface area contributed by atoms with Gasteiger partial charge in [-0.05, 0) is 72.8 Å². The number of hydrogen-bond donors (Lipinski definition) is 0. The largest absolute Gasteiger partial charge is 0.228 e. The second kappa shape index (κ2) is 12.9. The molecule has 0 amide bonds. The van der Waals surface area contributed by atoms with Gasteiger partial charge in [-0.15, -0.1) is 11.3 Å². The summed E-state index contributed by atoms with van der Waals surface area (Å²) in [4.78, 5) is 10.9. The standard InChI is InChI=1S/C52H32N2S/c1-2-13-33(14-3-1)38-17-8-9-20-42(38)48-32-47(36-27-25-35(26-28-36)41-22-12-23-45-43-21-10-11-24-49(43)55-51(41)45)53-52(54-48)50-40-19-7-5-16-37(40)31-46-39-18-6-4-15-34(39)29-30-44(46)50/h1-32H. The van der Waals surface area contributed by atoms with Crippen molar-refractivity contribution >= 4 is 63.8 Å². The van der Waals surface area contributed by atoms with E-state index in [0.29, 0.717) is 5.82 Å². The average Bonchev–Trinajstić information content (AvgIpc) is 3.65. The molecule has 3 heteroatoms. The van der Waals surface area contributed by atoms with Crippen LogP contribution in [0.4, 0.5) is 0 Å². The van der Waals surface area contributed by atoms with Gasteiger partial charge in [0.1, 0.15) is 0 Å². The smallest absolute Gasteiger partial charge is 0.161 e. The quantitative estimate of drug-likeness (QED) is 0.131. The van der Waals surface area contributed by atoms with E-state index in [1.165, 1.54) is 52.8 Å². The molecule has 9 aromatic carbocycles. The van der Waals surface area contributed by atoms with Crippen LogP contribution in [-0.2, 0) is 0 Å². The van der Waals surface area contributed by atoms with Crippen molar-refractivity contribution in [3.63, 3.8) is 0 Å². The summed E-state index contributed by atoms with van der Waals surface area (Å²) in [6.45, 7) is 0. The molecule has 256 valence electrons. The van der Waals surface area contributed by atoms with E-state index in [9.17, 15) is 0 Å². The highest BCUT2D eigenvalue weighted by atomic mass is 32.1. The summed E-state index contributed by atoms with van der Waals surface area (Å²) < 4.78 is 2.63. The molecule has 55 heavy (non-hydrogen) atoms. The number of fused-ring (bicyclic) bond motifs is 7. The fraction of sp³-hybridized carbons (Fsp3) is 0. The second-order valence-corrected chi connectivity index (χ2v) is 15.1. The molecular weight excluding hydrogens is 685 g/mol. The van der Waals surface area contributed by atoms with Crippen LogP contribution in [0.5, 0.6) is 0 Å². The van der Waals surface area contributed by atoms with Crippen LogP contribution in [0.3, 0.4) is 0 Å². The zero-order valence-electron chi connectivity index (χ0n) is 29.8. The summed E-state index contributed by atoms with van der Waals surface area (Å²) in [5, 5.41) is 9.70. The first-order chi connectivity index (χ1) is 27.3. The van der Waals surface area contributed by atoms with Gasteiger partial charge in [0.25, 0.3) is 0 Å². The second-order valence-electron chi connectivity index (χ2n) is 14.1. The van der Waals surface area contributed by atoms with Crippen molar-refractivity contribution in [1.29, 1.82) is 0 Å². The van der Waals surface area contributed by atoms with Gasteiger partial charge in [-0.3, -0.25) is 0 Å². The maximum Gasteiger partial charge on any atom is 0.161 e. The zero-order valence-corrected chi connectivity index (χ0v) is 30.6. The van der Waals surface area contributed by atoms with Gasteiger partial charge < -0.3 is 0 Å².